The minimum absolute atomic E-state index is 0.108. The zero-order chi connectivity index (χ0) is 15.6. The fraction of sp³-hybridized carbons (Fsp3) is 0.231. The van der Waals surface area contributed by atoms with Gasteiger partial charge in [-0.05, 0) is 0 Å². The molecule has 0 aliphatic carbocycles. The third-order valence-corrected chi connectivity index (χ3v) is 3.78. The Hall–Kier alpha value is -1.92. The molecule has 0 bridgehead atoms. The van der Waals surface area contributed by atoms with E-state index in [0.717, 1.165) is 0 Å². The number of ether oxygens (including phenoxy) is 2. The van der Waals surface area contributed by atoms with E-state index >= 15 is 0 Å². The maximum absolute atomic E-state index is 6.31. The fourth-order valence-electron chi connectivity index (χ4n) is 1.85. The first kappa shape index (κ1) is 15.5. The van der Waals surface area contributed by atoms with E-state index in [4.69, 9.17) is 44.1 Å². The molecule has 21 heavy (non-hydrogen) atoms. The lowest BCUT2D eigenvalue weighted by Gasteiger charge is -2.15. The standard InChI is InChI=1S/C13H14Cl2N4O2/c1-20-8-4-9(21-2)11(15)7(10(8)14)3-6-5-18-13(17)19-12(6)16/h4-5H,3H2,1-2H3,(H4,16,17,18,19). The Balaban J connectivity index is 2.52. The Morgan fingerprint density at radius 2 is 1.67 bits per heavy atom. The summed E-state index contributed by atoms with van der Waals surface area (Å²) in [6, 6.07) is 1.62. The molecule has 1 aromatic heterocycles. The summed E-state index contributed by atoms with van der Waals surface area (Å²) in [7, 11) is 3.03. The third kappa shape index (κ3) is 3.06. The number of anilines is 2. The molecule has 0 radical (unpaired) electrons. The summed E-state index contributed by atoms with van der Waals surface area (Å²) in [5.41, 5.74) is 12.6. The number of methoxy groups -OCH3 is 2. The molecule has 1 aromatic carbocycles. The molecule has 4 N–H and O–H groups in total. The molecule has 0 unspecified atom stereocenters. The van der Waals surface area contributed by atoms with Crippen LogP contribution in [0.3, 0.4) is 0 Å². The minimum Gasteiger partial charge on any atom is -0.495 e. The number of halogens is 2. The number of aromatic nitrogens is 2. The number of benzene rings is 1. The molecule has 112 valence electrons. The van der Waals surface area contributed by atoms with Crippen molar-refractivity contribution in [3.63, 3.8) is 0 Å². The molecule has 0 atom stereocenters. The summed E-state index contributed by atoms with van der Waals surface area (Å²) >= 11 is 12.6. The number of hydrogen-bond acceptors (Lipinski definition) is 6. The van der Waals surface area contributed by atoms with Gasteiger partial charge in [-0.15, -0.1) is 0 Å². The number of nitrogens with zero attached hydrogens (tertiary/aromatic N) is 2. The van der Waals surface area contributed by atoms with Crippen molar-refractivity contribution in [3.8, 4) is 11.5 Å². The topological polar surface area (TPSA) is 96.3 Å². The van der Waals surface area contributed by atoms with Crippen LogP contribution in [-0.2, 0) is 6.42 Å². The summed E-state index contributed by atoms with van der Waals surface area (Å²) in [6.07, 6.45) is 1.87. The van der Waals surface area contributed by atoms with Gasteiger partial charge in [0, 0.05) is 29.8 Å². The van der Waals surface area contributed by atoms with Crippen molar-refractivity contribution in [2.45, 2.75) is 6.42 Å². The molecule has 0 spiro atoms. The van der Waals surface area contributed by atoms with Crippen molar-refractivity contribution >= 4 is 35.0 Å². The van der Waals surface area contributed by atoms with E-state index in [1.54, 1.807) is 6.07 Å². The van der Waals surface area contributed by atoms with Crippen LogP contribution in [0, 0.1) is 0 Å². The van der Waals surface area contributed by atoms with Crippen LogP contribution in [0.25, 0.3) is 0 Å². The first-order valence-corrected chi connectivity index (χ1v) is 6.69. The average Bonchev–Trinajstić information content (AvgIpc) is 2.46. The maximum atomic E-state index is 6.31. The van der Waals surface area contributed by atoms with Crippen molar-refractivity contribution in [3.05, 3.63) is 33.4 Å². The SMILES string of the molecule is COc1cc(OC)c(Cl)c(Cc2cnc(N)nc2N)c1Cl. The Kier molecular flexibility index (Phi) is 4.59. The average molecular weight is 329 g/mol. The Labute approximate surface area is 132 Å². The lowest BCUT2D eigenvalue weighted by molar-refractivity contribution is 0.394. The van der Waals surface area contributed by atoms with Gasteiger partial charge in [-0.3, -0.25) is 0 Å². The number of rotatable bonds is 4. The molecule has 0 aliphatic heterocycles. The highest BCUT2D eigenvalue weighted by atomic mass is 35.5. The van der Waals surface area contributed by atoms with Crippen LogP contribution in [0.2, 0.25) is 10.0 Å². The van der Waals surface area contributed by atoms with Crippen LogP contribution >= 0.6 is 23.2 Å². The molecule has 0 aliphatic rings. The first-order valence-electron chi connectivity index (χ1n) is 5.93. The van der Waals surface area contributed by atoms with Gasteiger partial charge in [-0.25, -0.2) is 4.98 Å². The summed E-state index contributed by atoms with van der Waals surface area (Å²) < 4.78 is 10.4. The Morgan fingerprint density at radius 1 is 1.10 bits per heavy atom. The van der Waals surface area contributed by atoms with Gasteiger partial charge in [0.2, 0.25) is 5.95 Å². The monoisotopic (exact) mass is 328 g/mol. The number of nitrogens with two attached hydrogens (primary N) is 2. The highest BCUT2D eigenvalue weighted by Gasteiger charge is 2.18. The first-order chi connectivity index (χ1) is 9.97. The summed E-state index contributed by atoms with van der Waals surface area (Å²) in [6.45, 7) is 0. The van der Waals surface area contributed by atoms with E-state index < -0.39 is 0 Å². The summed E-state index contributed by atoms with van der Waals surface area (Å²) in [5.74, 6) is 1.30. The molecule has 1 heterocycles. The van der Waals surface area contributed by atoms with E-state index in [1.165, 1.54) is 20.4 Å². The van der Waals surface area contributed by atoms with Crippen molar-refractivity contribution < 1.29 is 9.47 Å². The van der Waals surface area contributed by atoms with Crippen LogP contribution in [0.4, 0.5) is 11.8 Å². The number of hydrogen-bond donors (Lipinski definition) is 2. The zero-order valence-electron chi connectivity index (χ0n) is 11.5. The van der Waals surface area contributed by atoms with E-state index in [0.29, 0.717) is 39.1 Å². The maximum Gasteiger partial charge on any atom is 0.221 e. The van der Waals surface area contributed by atoms with Gasteiger partial charge < -0.3 is 20.9 Å². The zero-order valence-corrected chi connectivity index (χ0v) is 13.0. The van der Waals surface area contributed by atoms with Crippen molar-refractivity contribution in [2.24, 2.45) is 0 Å². The van der Waals surface area contributed by atoms with Gasteiger partial charge >= 0.3 is 0 Å². The Morgan fingerprint density at radius 3 is 2.14 bits per heavy atom. The molecule has 0 fully saturated rings. The lowest BCUT2D eigenvalue weighted by atomic mass is 10.1. The largest absolute Gasteiger partial charge is 0.495 e. The molecule has 6 nitrogen and oxygen atoms in total. The molecule has 8 heteroatoms. The molecule has 2 aromatic rings. The summed E-state index contributed by atoms with van der Waals surface area (Å²) in [4.78, 5) is 7.83. The van der Waals surface area contributed by atoms with E-state index in [-0.39, 0.29) is 11.8 Å². The summed E-state index contributed by atoms with van der Waals surface area (Å²) in [5, 5.41) is 0.777. The van der Waals surface area contributed by atoms with Crippen molar-refractivity contribution in [1.29, 1.82) is 0 Å². The third-order valence-electron chi connectivity index (χ3n) is 2.95. The van der Waals surface area contributed by atoms with Crippen molar-refractivity contribution in [1.82, 2.24) is 9.97 Å². The van der Waals surface area contributed by atoms with Crippen LogP contribution < -0.4 is 20.9 Å². The lowest BCUT2D eigenvalue weighted by Crippen LogP contribution is -2.05. The highest BCUT2D eigenvalue weighted by Crippen LogP contribution is 2.41. The minimum atomic E-state index is 0.108. The molecule has 0 saturated carbocycles. The molecule has 2 rings (SSSR count). The van der Waals surface area contributed by atoms with Gasteiger partial charge in [-0.1, -0.05) is 23.2 Å². The van der Waals surface area contributed by atoms with Crippen LogP contribution in [0.15, 0.2) is 12.3 Å². The molecular weight excluding hydrogens is 315 g/mol. The van der Waals surface area contributed by atoms with E-state index in [9.17, 15) is 0 Å². The second-order valence-corrected chi connectivity index (χ2v) is 4.96. The van der Waals surface area contributed by atoms with Crippen LogP contribution in [0.1, 0.15) is 11.1 Å². The second-order valence-electron chi connectivity index (χ2n) is 4.20. The number of nitrogen functional groups attached to an aromatic ring is 2. The van der Waals surface area contributed by atoms with Gasteiger partial charge in [0.15, 0.2) is 0 Å². The van der Waals surface area contributed by atoms with E-state index in [1.807, 2.05) is 0 Å². The van der Waals surface area contributed by atoms with Crippen LogP contribution in [0.5, 0.6) is 11.5 Å². The molecule has 0 saturated heterocycles. The van der Waals surface area contributed by atoms with Crippen LogP contribution in [-0.4, -0.2) is 24.2 Å². The van der Waals surface area contributed by atoms with Gasteiger partial charge in [0.1, 0.15) is 17.3 Å². The normalized spacial score (nSPS) is 10.5. The predicted octanol–water partition coefficient (Wildman–Crippen LogP) is 2.56. The quantitative estimate of drug-likeness (QED) is 0.895. The van der Waals surface area contributed by atoms with Gasteiger partial charge in [-0.2, -0.15) is 4.98 Å². The smallest absolute Gasteiger partial charge is 0.221 e. The predicted molar refractivity (Wildman–Crippen MR) is 83.2 cm³/mol. The van der Waals surface area contributed by atoms with Gasteiger partial charge in [0.25, 0.3) is 0 Å². The second kappa shape index (κ2) is 6.24. The molecular formula is C13H14Cl2N4O2. The van der Waals surface area contributed by atoms with Crippen molar-refractivity contribution in [2.75, 3.05) is 25.7 Å². The van der Waals surface area contributed by atoms with E-state index in [2.05, 4.69) is 9.97 Å². The van der Waals surface area contributed by atoms with Gasteiger partial charge in [0.05, 0.1) is 24.3 Å². The molecule has 0 amide bonds. The highest BCUT2D eigenvalue weighted by molar-refractivity contribution is 6.37. The fourth-order valence-corrected chi connectivity index (χ4v) is 2.49. The Bertz CT molecular complexity index is 651.